The first-order valence-electron chi connectivity index (χ1n) is 12.4. The first-order chi connectivity index (χ1) is 16.1. The molecule has 4 rings (SSSR count). The topological polar surface area (TPSA) is 76.7 Å². The summed E-state index contributed by atoms with van der Waals surface area (Å²) in [5, 5.41) is 30.7. The number of hydrogen-bond acceptors (Lipinski definition) is 5. The third-order valence-corrected chi connectivity index (χ3v) is 7.63. The second kappa shape index (κ2) is 11.2. The van der Waals surface area contributed by atoms with Gasteiger partial charge < -0.3 is 19.8 Å². The molecule has 0 amide bonds. The average molecular weight is 449 g/mol. The fourth-order valence-corrected chi connectivity index (χ4v) is 5.79. The van der Waals surface area contributed by atoms with Crippen LogP contribution in [0.1, 0.15) is 61.6 Å². The maximum absolute atomic E-state index is 12.2. The molecule has 1 heterocycles. The van der Waals surface area contributed by atoms with E-state index in [0.717, 1.165) is 68.6 Å². The number of benzene rings is 2. The molecule has 1 saturated carbocycles. The largest absolute Gasteiger partial charge is 0.494 e. The van der Waals surface area contributed by atoms with Crippen molar-refractivity contribution in [2.45, 2.75) is 57.2 Å². The minimum absolute atomic E-state index is 0.0115. The van der Waals surface area contributed by atoms with Gasteiger partial charge in [0, 0.05) is 6.54 Å². The molecular formula is C28H36N2O3. The molecule has 1 saturated heterocycles. The second-order valence-electron chi connectivity index (χ2n) is 9.62. The molecule has 0 spiro atoms. The highest BCUT2D eigenvalue weighted by atomic mass is 16.5. The molecule has 0 radical (unpaired) electrons. The molecule has 1 aliphatic heterocycles. The van der Waals surface area contributed by atoms with E-state index in [1.807, 2.05) is 30.3 Å². The number of nitriles is 1. The number of ether oxygens (including phenoxy) is 1. The molecule has 2 aromatic carbocycles. The molecule has 176 valence electrons. The normalized spacial score (nSPS) is 19.8. The van der Waals surface area contributed by atoms with Gasteiger partial charge >= 0.3 is 0 Å². The van der Waals surface area contributed by atoms with Crippen molar-refractivity contribution in [3.8, 4) is 11.8 Å². The highest BCUT2D eigenvalue weighted by Crippen LogP contribution is 2.48. The van der Waals surface area contributed by atoms with Crippen molar-refractivity contribution in [3.05, 3.63) is 65.2 Å². The van der Waals surface area contributed by atoms with E-state index in [9.17, 15) is 10.2 Å². The molecule has 5 heteroatoms. The Balaban J connectivity index is 1.31. The lowest BCUT2D eigenvalue weighted by Gasteiger charge is -2.45. The van der Waals surface area contributed by atoms with Gasteiger partial charge in [-0.1, -0.05) is 37.1 Å². The van der Waals surface area contributed by atoms with Gasteiger partial charge in [0.2, 0.25) is 0 Å². The first-order valence-corrected chi connectivity index (χ1v) is 12.4. The first kappa shape index (κ1) is 23.8. The lowest BCUT2D eigenvalue weighted by atomic mass is 9.68. The lowest BCUT2D eigenvalue weighted by molar-refractivity contribution is -0.0935. The van der Waals surface area contributed by atoms with Gasteiger partial charge in [-0.25, -0.2) is 0 Å². The van der Waals surface area contributed by atoms with Crippen molar-refractivity contribution in [2.75, 3.05) is 26.2 Å². The number of piperidine rings is 1. The molecule has 2 fully saturated rings. The fraction of sp³-hybridized carbons (Fsp3) is 0.536. The highest BCUT2D eigenvalue weighted by Gasteiger charge is 2.46. The number of aliphatic hydroxyl groups excluding tert-OH is 1. The highest BCUT2D eigenvalue weighted by molar-refractivity contribution is 5.34. The van der Waals surface area contributed by atoms with Gasteiger partial charge in [0.15, 0.2) is 0 Å². The Morgan fingerprint density at radius 3 is 2.36 bits per heavy atom. The van der Waals surface area contributed by atoms with E-state index >= 15 is 0 Å². The van der Waals surface area contributed by atoms with Crippen LogP contribution in [-0.4, -0.2) is 41.4 Å². The van der Waals surface area contributed by atoms with Gasteiger partial charge in [-0.2, -0.15) is 5.26 Å². The predicted molar refractivity (Wildman–Crippen MR) is 129 cm³/mol. The number of aliphatic hydroxyl groups is 2. The van der Waals surface area contributed by atoms with Gasteiger partial charge in [-0.05, 0) is 92.4 Å². The molecule has 2 N–H and O–H groups in total. The van der Waals surface area contributed by atoms with Gasteiger partial charge in [-0.3, -0.25) is 0 Å². The summed E-state index contributed by atoms with van der Waals surface area (Å²) in [6.45, 7) is 3.65. The second-order valence-corrected chi connectivity index (χ2v) is 9.62. The summed E-state index contributed by atoms with van der Waals surface area (Å²) in [4.78, 5) is 2.48. The summed E-state index contributed by atoms with van der Waals surface area (Å²) < 4.78 is 5.82. The summed E-state index contributed by atoms with van der Waals surface area (Å²) in [5.74, 6) is 1.36. The van der Waals surface area contributed by atoms with E-state index in [-0.39, 0.29) is 12.5 Å². The predicted octanol–water partition coefficient (Wildman–Crippen LogP) is 4.61. The molecule has 2 aromatic rings. The molecule has 1 atom stereocenters. The molecule has 5 nitrogen and oxygen atoms in total. The van der Waals surface area contributed by atoms with Crippen LogP contribution in [0.2, 0.25) is 0 Å². The summed E-state index contributed by atoms with van der Waals surface area (Å²) >= 11 is 0. The number of nitrogens with zero attached hydrogens (tertiary/aromatic N) is 2. The van der Waals surface area contributed by atoms with Crippen LogP contribution < -0.4 is 4.74 Å². The quantitative estimate of drug-likeness (QED) is 0.548. The van der Waals surface area contributed by atoms with E-state index in [1.165, 1.54) is 12.8 Å². The van der Waals surface area contributed by atoms with E-state index in [2.05, 4.69) is 17.0 Å². The zero-order valence-corrected chi connectivity index (χ0v) is 19.5. The van der Waals surface area contributed by atoms with Crippen LogP contribution in [0.15, 0.2) is 48.5 Å². The monoisotopic (exact) mass is 448 g/mol. The van der Waals surface area contributed by atoms with Crippen molar-refractivity contribution >= 4 is 0 Å². The maximum atomic E-state index is 12.2. The Kier molecular flexibility index (Phi) is 8.03. The van der Waals surface area contributed by atoms with E-state index in [0.29, 0.717) is 18.1 Å². The molecule has 1 aliphatic carbocycles. The van der Waals surface area contributed by atoms with Crippen molar-refractivity contribution in [2.24, 2.45) is 11.8 Å². The van der Waals surface area contributed by atoms with Crippen molar-refractivity contribution in [1.82, 2.24) is 4.90 Å². The van der Waals surface area contributed by atoms with Gasteiger partial charge in [0.25, 0.3) is 0 Å². The van der Waals surface area contributed by atoms with Crippen LogP contribution in [-0.2, 0) is 12.2 Å². The zero-order chi connectivity index (χ0) is 23.1. The molecular weight excluding hydrogens is 412 g/mol. The van der Waals surface area contributed by atoms with Gasteiger partial charge in [0.1, 0.15) is 5.75 Å². The smallest absolute Gasteiger partial charge is 0.119 e. The van der Waals surface area contributed by atoms with Crippen LogP contribution >= 0.6 is 0 Å². The standard InChI is InChI=1S/C28H36N2O3/c29-20-22-9-11-27(12-10-22)33-18-4-15-30-16-13-25(14-17-30)28(32,24-6-1-2-7-24)26-8-3-5-23(19-26)21-31/h3,5,8-12,19,24-25,31-32H,1-2,4,6-7,13-18,21H2. The maximum Gasteiger partial charge on any atom is 0.119 e. The minimum Gasteiger partial charge on any atom is -0.494 e. The average Bonchev–Trinajstić information content (AvgIpc) is 3.42. The molecule has 1 unspecified atom stereocenters. The van der Waals surface area contributed by atoms with Crippen LogP contribution in [0.25, 0.3) is 0 Å². The number of rotatable bonds is 9. The van der Waals surface area contributed by atoms with Crippen LogP contribution in [0.3, 0.4) is 0 Å². The molecule has 0 aromatic heterocycles. The van der Waals surface area contributed by atoms with Crippen LogP contribution in [0, 0.1) is 23.2 Å². The molecule has 0 bridgehead atoms. The van der Waals surface area contributed by atoms with Gasteiger partial charge in [0.05, 0.1) is 30.4 Å². The third kappa shape index (κ3) is 5.58. The van der Waals surface area contributed by atoms with E-state index in [1.54, 1.807) is 12.1 Å². The Hall–Kier alpha value is -2.39. The molecule has 33 heavy (non-hydrogen) atoms. The van der Waals surface area contributed by atoms with E-state index < -0.39 is 5.60 Å². The van der Waals surface area contributed by atoms with E-state index in [4.69, 9.17) is 10.00 Å². The van der Waals surface area contributed by atoms with Crippen LogP contribution in [0.4, 0.5) is 0 Å². The third-order valence-electron chi connectivity index (χ3n) is 7.63. The summed E-state index contributed by atoms with van der Waals surface area (Å²) in [6, 6.07) is 17.4. The summed E-state index contributed by atoms with van der Waals surface area (Å²) in [7, 11) is 0. The minimum atomic E-state index is -0.799. The Morgan fingerprint density at radius 1 is 1.00 bits per heavy atom. The van der Waals surface area contributed by atoms with Crippen molar-refractivity contribution in [1.29, 1.82) is 5.26 Å². The number of hydrogen-bond donors (Lipinski definition) is 2. The Bertz CT molecular complexity index is 925. The Morgan fingerprint density at radius 2 is 1.70 bits per heavy atom. The van der Waals surface area contributed by atoms with Crippen LogP contribution in [0.5, 0.6) is 5.75 Å². The zero-order valence-electron chi connectivity index (χ0n) is 19.5. The SMILES string of the molecule is N#Cc1ccc(OCCCN2CCC(C(O)(c3cccc(CO)c3)C3CCCC3)CC2)cc1. The van der Waals surface area contributed by atoms with Gasteiger partial charge in [-0.15, -0.1) is 0 Å². The summed E-state index contributed by atoms with van der Waals surface area (Å²) in [5.41, 5.74) is 1.72. The number of likely N-dealkylation sites (tertiary alicyclic amines) is 1. The fourth-order valence-electron chi connectivity index (χ4n) is 5.79. The lowest BCUT2D eigenvalue weighted by Crippen LogP contribution is -2.47. The Labute approximate surface area is 197 Å². The molecule has 2 aliphatic rings. The van der Waals surface area contributed by atoms with Crippen molar-refractivity contribution in [3.63, 3.8) is 0 Å². The summed E-state index contributed by atoms with van der Waals surface area (Å²) in [6.07, 6.45) is 7.52. The van der Waals surface area contributed by atoms with Crippen molar-refractivity contribution < 1.29 is 14.9 Å².